The van der Waals surface area contributed by atoms with E-state index < -0.39 is 0 Å². The monoisotopic (exact) mass is 336 g/mol. The molecule has 0 aromatic heterocycles. The Hall–Kier alpha value is -1.39. The topological polar surface area (TPSA) is 38.0 Å². The number of halogens is 2. The minimum Gasteiger partial charge on any atom is -0.377 e. The number of hydrogen-bond acceptors (Lipinski definition) is 2. The lowest BCUT2D eigenvalue weighted by atomic mass is 10.0. The van der Waals surface area contributed by atoms with Crippen LogP contribution >= 0.6 is 15.9 Å². The Labute approximate surface area is 127 Å². The second-order valence-electron chi connectivity index (χ2n) is 4.95. The quantitative estimate of drug-likeness (QED) is 0.872. The van der Waals surface area contributed by atoms with Crippen molar-refractivity contribution in [3.05, 3.63) is 63.4 Å². The third-order valence-electron chi connectivity index (χ3n) is 3.24. The largest absolute Gasteiger partial charge is 0.377 e. The zero-order valence-electron chi connectivity index (χ0n) is 11.6. The molecule has 4 heteroatoms. The number of nitrogens with two attached hydrogens (primary N) is 1. The summed E-state index contributed by atoms with van der Waals surface area (Å²) in [5, 5.41) is 3.37. The Morgan fingerprint density at radius 1 is 1.20 bits per heavy atom. The number of benzene rings is 2. The van der Waals surface area contributed by atoms with Gasteiger partial charge in [-0.15, -0.1) is 0 Å². The van der Waals surface area contributed by atoms with Crippen molar-refractivity contribution >= 4 is 21.6 Å². The molecule has 2 aromatic rings. The molecule has 0 saturated carbocycles. The van der Waals surface area contributed by atoms with Crippen molar-refractivity contribution in [1.82, 2.24) is 0 Å². The van der Waals surface area contributed by atoms with E-state index in [0.717, 1.165) is 26.9 Å². The van der Waals surface area contributed by atoms with Gasteiger partial charge in [0.05, 0.1) is 6.04 Å². The van der Waals surface area contributed by atoms with Crippen molar-refractivity contribution in [3.8, 4) is 0 Å². The number of anilines is 1. The minimum absolute atomic E-state index is 0.112. The summed E-state index contributed by atoms with van der Waals surface area (Å²) in [6.45, 7) is 4.39. The third-order valence-corrected chi connectivity index (χ3v) is 3.69. The highest BCUT2D eigenvalue weighted by Crippen LogP contribution is 2.25. The molecule has 0 spiro atoms. The van der Waals surface area contributed by atoms with E-state index in [1.165, 1.54) is 6.07 Å². The van der Waals surface area contributed by atoms with Crippen LogP contribution in [0.1, 0.15) is 22.7 Å². The van der Waals surface area contributed by atoms with Gasteiger partial charge in [-0.05, 0) is 60.9 Å². The normalized spacial score (nSPS) is 12.2. The van der Waals surface area contributed by atoms with E-state index in [2.05, 4.69) is 21.2 Å². The summed E-state index contributed by atoms with van der Waals surface area (Å²) in [5.74, 6) is -0.240. The van der Waals surface area contributed by atoms with Crippen molar-refractivity contribution < 1.29 is 4.39 Å². The molecule has 0 fully saturated rings. The number of hydrogen-bond donors (Lipinski definition) is 2. The fraction of sp³-hybridized carbons (Fsp3) is 0.250. The van der Waals surface area contributed by atoms with Crippen LogP contribution < -0.4 is 11.1 Å². The third kappa shape index (κ3) is 3.58. The maximum atomic E-state index is 13.4. The Bertz CT molecular complexity index is 593. The summed E-state index contributed by atoms with van der Waals surface area (Å²) in [5.41, 5.74) is 9.89. The summed E-state index contributed by atoms with van der Waals surface area (Å²) in [7, 11) is 0. The summed E-state index contributed by atoms with van der Waals surface area (Å²) in [6.07, 6.45) is 0. The van der Waals surface area contributed by atoms with Crippen molar-refractivity contribution in [1.29, 1.82) is 0 Å². The lowest BCUT2D eigenvalue weighted by Gasteiger charge is -2.21. The van der Waals surface area contributed by atoms with Gasteiger partial charge >= 0.3 is 0 Å². The zero-order valence-corrected chi connectivity index (χ0v) is 13.2. The number of aryl methyl sites for hydroxylation is 2. The molecular formula is C16H18BrFN2. The molecule has 2 aromatic carbocycles. The van der Waals surface area contributed by atoms with Gasteiger partial charge in [-0.2, -0.15) is 0 Å². The first-order valence-electron chi connectivity index (χ1n) is 6.49. The molecule has 2 rings (SSSR count). The van der Waals surface area contributed by atoms with Crippen LogP contribution in [0.4, 0.5) is 10.1 Å². The van der Waals surface area contributed by atoms with Gasteiger partial charge in [-0.3, -0.25) is 0 Å². The molecule has 20 heavy (non-hydrogen) atoms. The first kappa shape index (κ1) is 15.0. The van der Waals surface area contributed by atoms with Gasteiger partial charge in [-0.1, -0.05) is 22.0 Å². The Morgan fingerprint density at radius 2 is 1.95 bits per heavy atom. The molecule has 1 unspecified atom stereocenters. The predicted molar refractivity (Wildman–Crippen MR) is 85.4 cm³/mol. The van der Waals surface area contributed by atoms with Crippen LogP contribution in [0.2, 0.25) is 0 Å². The van der Waals surface area contributed by atoms with Crippen LogP contribution in [0.15, 0.2) is 40.9 Å². The molecule has 0 aliphatic rings. The molecule has 0 heterocycles. The van der Waals surface area contributed by atoms with Crippen LogP contribution in [-0.4, -0.2) is 6.54 Å². The van der Waals surface area contributed by atoms with Crippen LogP contribution in [0.3, 0.4) is 0 Å². The molecular weight excluding hydrogens is 319 g/mol. The van der Waals surface area contributed by atoms with Gasteiger partial charge in [0.25, 0.3) is 0 Å². The average Bonchev–Trinajstić information content (AvgIpc) is 2.38. The van der Waals surface area contributed by atoms with Crippen LogP contribution in [0, 0.1) is 19.7 Å². The van der Waals surface area contributed by atoms with E-state index in [4.69, 9.17) is 5.73 Å². The van der Waals surface area contributed by atoms with E-state index in [-0.39, 0.29) is 11.9 Å². The first-order valence-corrected chi connectivity index (χ1v) is 7.28. The molecule has 2 nitrogen and oxygen atoms in total. The molecule has 0 radical (unpaired) electrons. The molecule has 0 aliphatic carbocycles. The highest BCUT2D eigenvalue weighted by atomic mass is 79.9. The fourth-order valence-corrected chi connectivity index (χ4v) is 2.88. The Kier molecular flexibility index (Phi) is 4.78. The van der Waals surface area contributed by atoms with Crippen molar-refractivity contribution in [2.24, 2.45) is 5.73 Å². The SMILES string of the molecule is Cc1cc(Br)cc(NC(CN)c2cc(F)ccc2C)c1. The second-order valence-corrected chi connectivity index (χ2v) is 5.87. The van der Waals surface area contributed by atoms with Gasteiger partial charge < -0.3 is 11.1 Å². The van der Waals surface area contributed by atoms with Crippen LogP contribution in [0.5, 0.6) is 0 Å². The summed E-state index contributed by atoms with van der Waals surface area (Å²) in [6, 6.07) is 10.8. The van der Waals surface area contributed by atoms with E-state index >= 15 is 0 Å². The van der Waals surface area contributed by atoms with E-state index in [1.807, 2.05) is 32.0 Å². The predicted octanol–water partition coefficient (Wildman–Crippen LogP) is 4.32. The maximum Gasteiger partial charge on any atom is 0.123 e. The zero-order chi connectivity index (χ0) is 14.7. The summed E-state index contributed by atoms with van der Waals surface area (Å²) < 4.78 is 14.4. The molecule has 3 N–H and O–H groups in total. The van der Waals surface area contributed by atoms with Crippen LogP contribution in [-0.2, 0) is 0 Å². The van der Waals surface area contributed by atoms with E-state index in [9.17, 15) is 4.39 Å². The molecule has 0 amide bonds. The van der Waals surface area contributed by atoms with Crippen LogP contribution in [0.25, 0.3) is 0 Å². The number of nitrogens with one attached hydrogen (secondary N) is 1. The molecule has 1 atom stereocenters. The number of rotatable bonds is 4. The maximum absolute atomic E-state index is 13.4. The molecule has 106 valence electrons. The van der Waals surface area contributed by atoms with Gasteiger partial charge in [0.1, 0.15) is 5.82 Å². The smallest absolute Gasteiger partial charge is 0.123 e. The lowest BCUT2D eigenvalue weighted by Crippen LogP contribution is -2.21. The van der Waals surface area contributed by atoms with E-state index in [0.29, 0.717) is 6.54 Å². The summed E-state index contributed by atoms with van der Waals surface area (Å²) >= 11 is 3.48. The molecule has 0 saturated heterocycles. The standard InChI is InChI=1S/C16H18BrFN2/c1-10-5-12(17)7-14(6-10)20-16(9-19)15-8-13(18)4-3-11(15)2/h3-8,16,20H,9,19H2,1-2H3. The van der Waals surface area contributed by atoms with Gasteiger partial charge in [0.15, 0.2) is 0 Å². The summed E-state index contributed by atoms with van der Waals surface area (Å²) in [4.78, 5) is 0. The fourth-order valence-electron chi connectivity index (χ4n) is 2.27. The van der Waals surface area contributed by atoms with E-state index in [1.54, 1.807) is 12.1 Å². The highest BCUT2D eigenvalue weighted by molar-refractivity contribution is 9.10. The first-order chi connectivity index (χ1) is 9.49. The molecule has 0 aliphatic heterocycles. The Morgan fingerprint density at radius 3 is 2.60 bits per heavy atom. The minimum atomic E-state index is -0.240. The van der Waals surface area contributed by atoms with Gasteiger partial charge in [0.2, 0.25) is 0 Å². The average molecular weight is 337 g/mol. The van der Waals surface area contributed by atoms with Gasteiger partial charge in [-0.25, -0.2) is 4.39 Å². The Balaban J connectivity index is 2.31. The van der Waals surface area contributed by atoms with Gasteiger partial charge in [0, 0.05) is 16.7 Å². The second kappa shape index (κ2) is 6.37. The van der Waals surface area contributed by atoms with Crippen molar-refractivity contribution in [3.63, 3.8) is 0 Å². The highest BCUT2D eigenvalue weighted by Gasteiger charge is 2.13. The molecule has 0 bridgehead atoms. The van der Waals surface area contributed by atoms with Crippen molar-refractivity contribution in [2.45, 2.75) is 19.9 Å². The lowest BCUT2D eigenvalue weighted by molar-refractivity contribution is 0.621. The van der Waals surface area contributed by atoms with Crippen molar-refractivity contribution in [2.75, 3.05) is 11.9 Å².